The van der Waals surface area contributed by atoms with Gasteiger partial charge < -0.3 is 14.5 Å². The van der Waals surface area contributed by atoms with Crippen molar-refractivity contribution in [2.75, 3.05) is 0 Å². The fourth-order valence-corrected chi connectivity index (χ4v) is 1.53. The van der Waals surface area contributed by atoms with Crippen molar-refractivity contribution in [2.24, 2.45) is 0 Å². The van der Waals surface area contributed by atoms with Crippen LogP contribution in [0.15, 0.2) is 16.5 Å². The average molecular weight is 211 g/mol. The van der Waals surface area contributed by atoms with Crippen molar-refractivity contribution in [3.05, 3.63) is 23.0 Å². The Morgan fingerprint density at radius 3 is 2.79 bits per heavy atom. The lowest BCUT2D eigenvalue weighted by molar-refractivity contribution is 0.426. The molecule has 72 valence electrons. The molecule has 2 rings (SSSR count). The fourth-order valence-electron chi connectivity index (χ4n) is 1.27. The van der Waals surface area contributed by atoms with Crippen molar-refractivity contribution in [1.29, 1.82) is 0 Å². The molecular formula is C8H7BClNO3. The third kappa shape index (κ3) is 1.50. The van der Waals surface area contributed by atoms with Gasteiger partial charge in [-0.15, -0.1) is 0 Å². The zero-order valence-electron chi connectivity index (χ0n) is 7.36. The Hall–Kier alpha value is -1.04. The van der Waals surface area contributed by atoms with Gasteiger partial charge in [0, 0.05) is 6.92 Å². The first kappa shape index (κ1) is 9.52. The van der Waals surface area contributed by atoms with Crippen LogP contribution in [0.4, 0.5) is 0 Å². The first-order valence-corrected chi connectivity index (χ1v) is 4.38. The molecule has 2 N–H and O–H groups in total. The van der Waals surface area contributed by atoms with Gasteiger partial charge in [0.05, 0.1) is 5.02 Å². The molecule has 0 radical (unpaired) electrons. The van der Waals surface area contributed by atoms with E-state index in [4.69, 9.17) is 26.1 Å². The second-order valence-corrected chi connectivity index (χ2v) is 3.36. The number of hydrogen-bond donors (Lipinski definition) is 2. The van der Waals surface area contributed by atoms with Crippen LogP contribution in [0.3, 0.4) is 0 Å². The van der Waals surface area contributed by atoms with E-state index in [1.165, 1.54) is 12.1 Å². The first-order chi connectivity index (χ1) is 6.58. The molecule has 1 aromatic carbocycles. The lowest BCUT2D eigenvalue weighted by atomic mass is 9.80. The van der Waals surface area contributed by atoms with Crippen molar-refractivity contribution < 1.29 is 14.5 Å². The Morgan fingerprint density at radius 2 is 2.14 bits per heavy atom. The highest BCUT2D eigenvalue weighted by Crippen LogP contribution is 2.22. The van der Waals surface area contributed by atoms with Crippen molar-refractivity contribution >= 4 is 35.3 Å². The van der Waals surface area contributed by atoms with Gasteiger partial charge in [-0.2, -0.15) is 0 Å². The summed E-state index contributed by atoms with van der Waals surface area (Å²) in [6.45, 7) is 1.70. The van der Waals surface area contributed by atoms with Crippen LogP contribution in [-0.4, -0.2) is 22.2 Å². The molecule has 1 heterocycles. The van der Waals surface area contributed by atoms with E-state index in [1.807, 2.05) is 0 Å². The molecule has 0 aliphatic rings. The highest BCUT2D eigenvalue weighted by molar-refractivity contribution is 6.59. The quantitative estimate of drug-likeness (QED) is 0.673. The van der Waals surface area contributed by atoms with Crippen LogP contribution in [0.2, 0.25) is 5.02 Å². The summed E-state index contributed by atoms with van der Waals surface area (Å²) in [5.41, 5.74) is 1.29. The van der Waals surface area contributed by atoms with Crippen LogP contribution in [0.25, 0.3) is 11.1 Å². The predicted octanol–water partition coefficient (Wildman–Crippen LogP) is 0.469. The van der Waals surface area contributed by atoms with Crippen LogP contribution in [0.1, 0.15) is 5.89 Å². The molecule has 0 unspecified atom stereocenters. The lowest BCUT2D eigenvalue weighted by Crippen LogP contribution is -2.29. The van der Waals surface area contributed by atoms with Crippen molar-refractivity contribution in [3.8, 4) is 0 Å². The summed E-state index contributed by atoms with van der Waals surface area (Å²) in [6, 6.07) is 2.97. The maximum absolute atomic E-state index is 8.95. The van der Waals surface area contributed by atoms with Crippen LogP contribution in [0.5, 0.6) is 0 Å². The van der Waals surface area contributed by atoms with Gasteiger partial charge >= 0.3 is 7.12 Å². The summed E-state index contributed by atoms with van der Waals surface area (Å²) >= 11 is 5.86. The minimum absolute atomic E-state index is 0.302. The number of fused-ring (bicyclic) bond motifs is 1. The number of hydrogen-bond acceptors (Lipinski definition) is 4. The zero-order chi connectivity index (χ0) is 10.3. The Kier molecular flexibility index (Phi) is 2.22. The smallest absolute Gasteiger partial charge is 0.439 e. The molecule has 4 nitrogen and oxygen atoms in total. The van der Waals surface area contributed by atoms with Crippen LogP contribution in [-0.2, 0) is 0 Å². The van der Waals surface area contributed by atoms with Crippen molar-refractivity contribution in [1.82, 2.24) is 4.98 Å². The van der Waals surface area contributed by atoms with Gasteiger partial charge in [0.15, 0.2) is 11.5 Å². The van der Waals surface area contributed by atoms with E-state index in [9.17, 15) is 0 Å². The van der Waals surface area contributed by atoms with Gasteiger partial charge in [0.1, 0.15) is 5.52 Å². The molecule has 1 aromatic heterocycles. The molecule has 0 aliphatic heterocycles. The van der Waals surface area contributed by atoms with Gasteiger partial charge in [0.25, 0.3) is 0 Å². The number of benzene rings is 1. The van der Waals surface area contributed by atoms with Crippen LogP contribution in [0, 0.1) is 6.92 Å². The normalized spacial score (nSPS) is 10.9. The first-order valence-electron chi connectivity index (χ1n) is 4.00. The van der Waals surface area contributed by atoms with Gasteiger partial charge in [0.2, 0.25) is 0 Å². The molecular weight excluding hydrogens is 204 g/mol. The van der Waals surface area contributed by atoms with Gasteiger partial charge in [-0.1, -0.05) is 11.6 Å². The molecule has 0 bridgehead atoms. The molecule has 6 heteroatoms. The molecule has 0 saturated carbocycles. The second-order valence-electron chi connectivity index (χ2n) is 2.96. The van der Waals surface area contributed by atoms with Crippen molar-refractivity contribution in [2.45, 2.75) is 6.92 Å². The standard InChI is InChI=1S/C8H7BClNO3/c1-4-11-7-3-5(9(12)13)2-6(10)8(7)14-4/h2-3,12-13H,1H3. The summed E-state index contributed by atoms with van der Waals surface area (Å²) in [7, 11) is -1.55. The largest absolute Gasteiger partial charge is 0.488 e. The molecule has 0 fully saturated rings. The molecule has 2 aromatic rings. The van der Waals surface area contributed by atoms with Crippen LogP contribution < -0.4 is 5.46 Å². The topological polar surface area (TPSA) is 66.5 Å². The highest BCUT2D eigenvalue weighted by Gasteiger charge is 2.16. The number of nitrogens with zero attached hydrogens (tertiary/aromatic N) is 1. The number of oxazole rings is 1. The van der Waals surface area contributed by atoms with E-state index >= 15 is 0 Å². The third-order valence-corrected chi connectivity index (χ3v) is 2.15. The monoisotopic (exact) mass is 211 g/mol. The van der Waals surface area contributed by atoms with Crippen molar-refractivity contribution in [3.63, 3.8) is 0 Å². The molecule has 0 spiro atoms. The number of halogens is 1. The van der Waals surface area contributed by atoms with E-state index < -0.39 is 7.12 Å². The van der Waals surface area contributed by atoms with Gasteiger partial charge in [-0.3, -0.25) is 0 Å². The maximum atomic E-state index is 8.95. The van der Waals surface area contributed by atoms with Gasteiger partial charge in [-0.25, -0.2) is 4.98 Å². The minimum atomic E-state index is -1.55. The van der Waals surface area contributed by atoms with E-state index in [0.29, 0.717) is 27.5 Å². The lowest BCUT2D eigenvalue weighted by Gasteiger charge is -1.99. The number of aromatic nitrogens is 1. The maximum Gasteiger partial charge on any atom is 0.488 e. The Balaban J connectivity index is 2.71. The summed E-state index contributed by atoms with van der Waals surface area (Å²) in [5.74, 6) is 0.492. The fraction of sp³-hybridized carbons (Fsp3) is 0.125. The molecule has 0 atom stereocenters. The van der Waals surface area contributed by atoms with E-state index in [2.05, 4.69) is 4.98 Å². The van der Waals surface area contributed by atoms with E-state index in [0.717, 1.165) is 0 Å². The Bertz CT molecular complexity index is 483. The van der Waals surface area contributed by atoms with E-state index in [1.54, 1.807) is 6.92 Å². The average Bonchev–Trinajstić information content (AvgIpc) is 2.45. The SMILES string of the molecule is Cc1nc2cc(B(O)O)cc(Cl)c2o1. The summed E-state index contributed by atoms with van der Waals surface area (Å²) in [6.07, 6.45) is 0. The van der Waals surface area contributed by atoms with E-state index in [-0.39, 0.29) is 0 Å². The third-order valence-electron chi connectivity index (χ3n) is 1.87. The summed E-state index contributed by atoms with van der Waals surface area (Å²) < 4.78 is 5.23. The molecule has 0 saturated heterocycles. The zero-order valence-corrected chi connectivity index (χ0v) is 8.12. The van der Waals surface area contributed by atoms with Gasteiger partial charge in [-0.05, 0) is 17.6 Å². The Labute approximate surface area is 85.3 Å². The predicted molar refractivity (Wildman–Crippen MR) is 53.6 cm³/mol. The number of rotatable bonds is 1. The molecule has 14 heavy (non-hydrogen) atoms. The van der Waals surface area contributed by atoms with Crippen LogP contribution >= 0.6 is 11.6 Å². The minimum Gasteiger partial charge on any atom is -0.439 e. The second kappa shape index (κ2) is 3.27. The molecule has 0 aliphatic carbocycles. The number of aryl methyl sites for hydroxylation is 1. The highest BCUT2D eigenvalue weighted by atomic mass is 35.5. The summed E-state index contributed by atoms with van der Waals surface area (Å²) in [5, 5.41) is 18.2. The Morgan fingerprint density at radius 1 is 1.43 bits per heavy atom. The summed E-state index contributed by atoms with van der Waals surface area (Å²) in [4.78, 5) is 4.04. The molecule has 0 amide bonds.